The van der Waals surface area contributed by atoms with E-state index < -0.39 is 0 Å². The molecule has 1 atom stereocenters. The Hall–Kier alpha value is -2.55. The fourth-order valence-electron chi connectivity index (χ4n) is 2.77. The standard InChI is InChI=1S/C19H20N2O/c1-13(2)18(14-8-4-3-5-9-14)21-19(22)16-12-20-17-11-7-6-10-15(16)17/h3-13,18,20H,1-2H3,(H,21,22)/t18-/m1/s1. The molecule has 22 heavy (non-hydrogen) atoms. The summed E-state index contributed by atoms with van der Waals surface area (Å²) in [6.07, 6.45) is 1.78. The number of amides is 1. The van der Waals surface area contributed by atoms with E-state index in [-0.39, 0.29) is 11.9 Å². The Bertz CT molecular complexity index is 774. The molecule has 0 spiro atoms. The summed E-state index contributed by atoms with van der Waals surface area (Å²) in [6.45, 7) is 4.24. The van der Waals surface area contributed by atoms with E-state index in [9.17, 15) is 4.79 Å². The molecule has 3 heteroatoms. The van der Waals surface area contributed by atoms with Crippen LogP contribution < -0.4 is 5.32 Å². The van der Waals surface area contributed by atoms with Gasteiger partial charge in [-0.2, -0.15) is 0 Å². The number of aromatic nitrogens is 1. The highest BCUT2D eigenvalue weighted by molar-refractivity contribution is 6.06. The first kappa shape index (κ1) is 14.4. The Morgan fingerprint density at radius 1 is 1.00 bits per heavy atom. The van der Waals surface area contributed by atoms with Crippen molar-refractivity contribution in [1.82, 2.24) is 10.3 Å². The van der Waals surface area contributed by atoms with Gasteiger partial charge in [0.2, 0.25) is 0 Å². The lowest BCUT2D eigenvalue weighted by atomic mass is 9.95. The van der Waals surface area contributed by atoms with Crippen LogP contribution in [0.15, 0.2) is 60.8 Å². The molecular weight excluding hydrogens is 272 g/mol. The predicted molar refractivity (Wildman–Crippen MR) is 89.8 cm³/mol. The maximum Gasteiger partial charge on any atom is 0.253 e. The summed E-state index contributed by atoms with van der Waals surface area (Å²) >= 11 is 0. The van der Waals surface area contributed by atoms with Crippen LogP contribution in [-0.2, 0) is 0 Å². The zero-order valence-electron chi connectivity index (χ0n) is 12.8. The van der Waals surface area contributed by atoms with Gasteiger partial charge in [-0.15, -0.1) is 0 Å². The van der Waals surface area contributed by atoms with E-state index in [4.69, 9.17) is 0 Å². The maximum absolute atomic E-state index is 12.7. The number of carbonyl (C=O) groups excluding carboxylic acids is 1. The van der Waals surface area contributed by atoms with Gasteiger partial charge >= 0.3 is 0 Å². The van der Waals surface area contributed by atoms with Gasteiger partial charge in [0.05, 0.1) is 11.6 Å². The number of hydrogen-bond donors (Lipinski definition) is 2. The number of rotatable bonds is 4. The second kappa shape index (κ2) is 6.06. The molecule has 2 N–H and O–H groups in total. The first-order chi connectivity index (χ1) is 10.7. The van der Waals surface area contributed by atoms with E-state index in [0.29, 0.717) is 11.5 Å². The van der Waals surface area contributed by atoms with Gasteiger partial charge in [-0.05, 0) is 17.5 Å². The predicted octanol–water partition coefficient (Wildman–Crippen LogP) is 4.30. The van der Waals surface area contributed by atoms with Gasteiger partial charge in [0.15, 0.2) is 0 Å². The zero-order valence-corrected chi connectivity index (χ0v) is 12.8. The van der Waals surface area contributed by atoms with Gasteiger partial charge in [-0.1, -0.05) is 62.4 Å². The van der Waals surface area contributed by atoms with Crippen LogP contribution in [0.1, 0.15) is 35.8 Å². The average Bonchev–Trinajstić information content (AvgIpc) is 2.97. The van der Waals surface area contributed by atoms with Crippen molar-refractivity contribution in [3.05, 3.63) is 71.9 Å². The first-order valence-corrected chi connectivity index (χ1v) is 7.58. The molecule has 0 aliphatic carbocycles. The fraction of sp³-hybridized carbons (Fsp3) is 0.211. The summed E-state index contributed by atoms with van der Waals surface area (Å²) in [5, 5.41) is 4.12. The lowest BCUT2D eigenvalue weighted by Gasteiger charge is -2.22. The van der Waals surface area contributed by atoms with E-state index >= 15 is 0 Å². The fourth-order valence-corrected chi connectivity index (χ4v) is 2.77. The van der Waals surface area contributed by atoms with Gasteiger partial charge in [-0.25, -0.2) is 0 Å². The summed E-state index contributed by atoms with van der Waals surface area (Å²) in [5.41, 5.74) is 2.80. The monoisotopic (exact) mass is 292 g/mol. The smallest absolute Gasteiger partial charge is 0.253 e. The Balaban J connectivity index is 1.89. The van der Waals surface area contributed by atoms with Gasteiger partial charge in [0.1, 0.15) is 0 Å². The molecule has 0 unspecified atom stereocenters. The Labute approximate surface area is 130 Å². The largest absolute Gasteiger partial charge is 0.360 e. The SMILES string of the molecule is CC(C)[C@@H](NC(=O)c1c[nH]c2ccccc12)c1ccccc1. The molecule has 1 aromatic heterocycles. The van der Waals surface area contributed by atoms with Crippen molar-refractivity contribution >= 4 is 16.8 Å². The van der Waals surface area contributed by atoms with E-state index in [1.165, 1.54) is 0 Å². The number of nitrogens with one attached hydrogen (secondary N) is 2. The Morgan fingerprint density at radius 2 is 1.68 bits per heavy atom. The van der Waals surface area contributed by atoms with Crippen molar-refractivity contribution < 1.29 is 4.79 Å². The molecule has 3 aromatic rings. The quantitative estimate of drug-likeness (QED) is 0.740. The summed E-state index contributed by atoms with van der Waals surface area (Å²) in [7, 11) is 0. The number of para-hydroxylation sites is 1. The third-order valence-corrected chi connectivity index (χ3v) is 3.95. The topological polar surface area (TPSA) is 44.9 Å². The van der Waals surface area contributed by atoms with Gasteiger partial charge in [-0.3, -0.25) is 4.79 Å². The molecule has 0 saturated heterocycles. The van der Waals surface area contributed by atoms with E-state index in [2.05, 4.69) is 36.3 Å². The first-order valence-electron chi connectivity index (χ1n) is 7.58. The van der Waals surface area contributed by atoms with Crippen LogP contribution in [0.25, 0.3) is 10.9 Å². The summed E-state index contributed by atoms with van der Waals surface area (Å²) in [4.78, 5) is 15.8. The molecule has 0 radical (unpaired) electrons. The van der Waals surface area contributed by atoms with E-state index in [1.54, 1.807) is 6.20 Å². The van der Waals surface area contributed by atoms with Crippen molar-refractivity contribution in [2.24, 2.45) is 5.92 Å². The highest BCUT2D eigenvalue weighted by Crippen LogP contribution is 2.23. The second-order valence-corrected chi connectivity index (χ2v) is 5.85. The molecule has 0 aliphatic heterocycles. The van der Waals surface area contributed by atoms with Crippen molar-refractivity contribution in [3.63, 3.8) is 0 Å². The average molecular weight is 292 g/mol. The van der Waals surface area contributed by atoms with Crippen molar-refractivity contribution in [1.29, 1.82) is 0 Å². The Kier molecular flexibility index (Phi) is 3.96. The number of benzene rings is 2. The Morgan fingerprint density at radius 3 is 2.41 bits per heavy atom. The van der Waals surface area contributed by atoms with E-state index in [0.717, 1.165) is 16.5 Å². The number of aromatic amines is 1. The summed E-state index contributed by atoms with van der Waals surface area (Å²) < 4.78 is 0. The van der Waals surface area contributed by atoms with Crippen LogP contribution in [0.3, 0.4) is 0 Å². The minimum Gasteiger partial charge on any atom is -0.360 e. The molecule has 0 aliphatic rings. The van der Waals surface area contributed by atoms with Gasteiger partial charge in [0, 0.05) is 17.1 Å². The molecule has 0 saturated carbocycles. The van der Waals surface area contributed by atoms with Crippen LogP contribution >= 0.6 is 0 Å². The van der Waals surface area contributed by atoms with Gasteiger partial charge in [0.25, 0.3) is 5.91 Å². The molecule has 1 amide bonds. The minimum atomic E-state index is -0.0417. The van der Waals surface area contributed by atoms with Crippen LogP contribution in [0.5, 0.6) is 0 Å². The normalized spacial score (nSPS) is 12.5. The third-order valence-electron chi connectivity index (χ3n) is 3.95. The van der Waals surface area contributed by atoms with E-state index in [1.807, 2.05) is 42.5 Å². The number of H-pyrrole nitrogens is 1. The molecule has 3 rings (SSSR count). The minimum absolute atomic E-state index is 0.00219. The second-order valence-electron chi connectivity index (χ2n) is 5.85. The third kappa shape index (κ3) is 2.75. The summed E-state index contributed by atoms with van der Waals surface area (Å²) in [5.74, 6) is 0.275. The number of hydrogen-bond acceptors (Lipinski definition) is 1. The van der Waals surface area contributed by atoms with Crippen molar-refractivity contribution in [3.8, 4) is 0 Å². The van der Waals surface area contributed by atoms with Crippen LogP contribution in [-0.4, -0.2) is 10.9 Å². The molecule has 112 valence electrons. The molecule has 0 bridgehead atoms. The van der Waals surface area contributed by atoms with Crippen LogP contribution in [0.4, 0.5) is 0 Å². The lowest BCUT2D eigenvalue weighted by Crippen LogP contribution is -2.31. The van der Waals surface area contributed by atoms with Crippen molar-refractivity contribution in [2.45, 2.75) is 19.9 Å². The maximum atomic E-state index is 12.7. The summed E-state index contributed by atoms with van der Waals surface area (Å²) in [6, 6.07) is 18.0. The molecule has 0 fully saturated rings. The molecular formula is C19H20N2O. The van der Waals surface area contributed by atoms with Gasteiger partial charge < -0.3 is 10.3 Å². The number of fused-ring (bicyclic) bond motifs is 1. The molecule has 2 aromatic carbocycles. The highest BCUT2D eigenvalue weighted by Gasteiger charge is 2.20. The molecule has 1 heterocycles. The molecule has 3 nitrogen and oxygen atoms in total. The lowest BCUT2D eigenvalue weighted by molar-refractivity contribution is 0.0927. The zero-order chi connectivity index (χ0) is 15.5. The van der Waals surface area contributed by atoms with Crippen LogP contribution in [0, 0.1) is 5.92 Å². The number of carbonyl (C=O) groups is 1. The highest BCUT2D eigenvalue weighted by atomic mass is 16.1. The van der Waals surface area contributed by atoms with Crippen LogP contribution in [0.2, 0.25) is 0 Å². The van der Waals surface area contributed by atoms with Crippen molar-refractivity contribution in [2.75, 3.05) is 0 Å².